The first-order valence-corrected chi connectivity index (χ1v) is 12.1. The molecule has 0 fully saturated rings. The Morgan fingerprint density at radius 3 is 2.81 bits per heavy atom. The van der Waals surface area contributed by atoms with E-state index in [2.05, 4.69) is 40.3 Å². The van der Waals surface area contributed by atoms with Crippen molar-refractivity contribution in [2.45, 2.75) is 31.8 Å². The van der Waals surface area contributed by atoms with E-state index in [0.717, 1.165) is 36.9 Å². The van der Waals surface area contributed by atoms with Gasteiger partial charge in [0, 0.05) is 47.9 Å². The lowest BCUT2D eigenvalue weighted by atomic mass is 10.0. The molecule has 0 radical (unpaired) electrons. The van der Waals surface area contributed by atoms with E-state index in [-0.39, 0.29) is 17.5 Å². The first-order valence-electron chi connectivity index (χ1n) is 12.1. The molecule has 1 amide bonds. The molecule has 7 heteroatoms. The molecule has 0 aliphatic heterocycles. The molecule has 184 valence electrons. The summed E-state index contributed by atoms with van der Waals surface area (Å²) in [5.41, 5.74) is 8.02. The third-order valence-electron chi connectivity index (χ3n) is 6.97. The molecule has 5 rings (SSSR count). The third-order valence-corrected chi connectivity index (χ3v) is 6.97. The van der Waals surface area contributed by atoms with Gasteiger partial charge in [0.1, 0.15) is 11.5 Å². The predicted molar refractivity (Wildman–Crippen MR) is 139 cm³/mol. The Labute approximate surface area is 209 Å². The number of amides is 1. The Balaban J connectivity index is 1.42. The lowest BCUT2D eigenvalue weighted by Gasteiger charge is -2.30. The topological polar surface area (TPSA) is 109 Å². The fourth-order valence-electron chi connectivity index (χ4n) is 5.17. The Bertz CT molecular complexity index is 1430. The molecule has 7 nitrogen and oxygen atoms in total. The maximum Gasteiger partial charge on any atom is 0.267 e. The van der Waals surface area contributed by atoms with Crippen molar-refractivity contribution in [1.82, 2.24) is 15.4 Å². The van der Waals surface area contributed by atoms with Gasteiger partial charge in [-0.25, -0.2) is 5.48 Å². The maximum atomic E-state index is 11.3. The van der Waals surface area contributed by atoms with Gasteiger partial charge in [-0.15, -0.1) is 0 Å². The molecular formula is C29H29N3O4. The van der Waals surface area contributed by atoms with Crippen LogP contribution in [0.25, 0.3) is 17.0 Å². The van der Waals surface area contributed by atoms with Crippen LogP contribution in [0.1, 0.15) is 40.3 Å². The van der Waals surface area contributed by atoms with Gasteiger partial charge in [-0.2, -0.15) is 0 Å². The van der Waals surface area contributed by atoms with Gasteiger partial charge in [0.2, 0.25) is 0 Å². The number of rotatable bonds is 8. The largest absolute Gasteiger partial charge is 0.508 e. The zero-order valence-corrected chi connectivity index (χ0v) is 19.8. The molecule has 1 unspecified atom stereocenters. The van der Waals surface area contributed by atoms with Crippen molar-refractivity contribution in [3.05, 3.63) is 101 Å². The van der Waals surface area contributed by atoms with Crippen LogP contribution in [0.15, 0.2) is 72.9 Å². The highest BCUT2D eigenvalue weighted by atomic mass is 16.5. The molecular weight excluding hydrogens is 454 g/mol. The summed E-state index contributed by atoms with van der Waals surface area (Å²) in [5, 5.41) is 30.4. The molecule has 4 aromatic rings. The number of hydroxylamine groups is 1. The molecule has 0 bridgehead atoms. The molecule has 36 heavy (non-hydrogen) atoms. The number of aryl methyl sites for hydroxylation is 1. The number of para-hydroxylation sites is 1. The van der Waals surface area contributed by atoms with Crippen LogP contribution in [0.4, 0.5) is 0 Å². The highest BCUT2D eigenvalue weighted by Crippen LogP contribution is 2.38. The van der Waals surface area contributed by atoms with Gasteiger partial charge in [-0.05, 0) is 71.9 Å². The average Bonchev–Trinajstić information content (AvgIpc) is 3.51. The van der Waals surface area contributed by atoms with Crippen LogP contribution >= 0.6 is 0 Å². The minimum absolute atomic E-state index is 0.134. The molecule has 0 spiro atoms. The maximum absolute atomic E-state index is 11.3. The highest BCUT2D eigenvalue weighted by molar-refractivity contribution is 5.90. The summed E-state index contributed by atoms with van der Waals surface area (Å²) < 4.78 is 0. The van der Waals surface area contributed by atoms with Gasteiger partial charge in [0.15, 0.2) is 0 Å². The molecule has 1 heterocycles. The van der Waals surface area contributed by atoms with E-state index in [9.17, 15) is 15.0 Å². The minimum atomic E-state index is -0.567. The normalized spacial score (nSPS) is 15.1. The van der Waals surface area contributed by atoms with Gasteiger partial charge < -0.3 is 15.2 Å². The fraction of sp³-hybridized carbons (Fsp3) is 0.207. The van der Waals surface area contributed by atoms with Gasteiger partial charge in [-0.1, -0.05) is 36.4 Å². The number of fused-ring (bicyclic) bond motifs is 2. The Morgan fingerprint density at radius 2 is 1.94 bits per heavy atom. The second-order valence-electron chi connectivity index (χ2n) is 9.22. The first kappa shape index (κ1) is 23.7. The number of hydrogen-bond donors (Lipinski definition) is 5. The van der Waals surface area contributed by atoms with Crippen molar-refractivity contribution in [3.8, 4) is 11.5 Å². The predicted octanol–water partition coefficient (Wildman–Crippen LogP) is 4.83. The summed E-state index contributed by atoms with van der Waals surface area (Å²) in [4.78, 5) is 17.1. The minimum Gasteiger partial charge on any atom is -0.508 e. The lowest BCUT2D eigenvalue weighted by Crippen LogP contribution is -2.29. The molecule has 0 saturated carbocycles. The SMILES string of the molecule is O=C(/C=C/c1ccc2c(c1)CCC2N(CCc1c[nH]c2ccccc12)Cc1cc(O)ccc1O)NO. The number of nitrogens with zero attached hydrogens (tertiary/aromatic N) is 1. The van der Waals surface area contributed by atoms with E-state index in [4.69, 9.17) is 5.21 Å². The standard InChI is InChI=1S/C29H29N3O4/c33-23-8-11-28(34)22(16-23)18-32(14-13-21-17-30-26-4-2-1-3-24(21)26)27-10-7-20-15-19(5-9-25(20)27)6-12-29(35)31-36/h1-6,8-9,11-12,15-17,27,30,33-34,36H,7,10,13-14,18H2,(H,31,35)/b12-6+. The second-order valence-corrected chi connectivity index (χ2v) is 9.22. The van der Waals surface area contributed by atoms with Crippen molar-refractivity contribution in [1.29, 1.82) is 0 Å². The number of phenols is 2. The van der Waals surface area contributed by atoms with Crippen LogP contribution in [0, 0.1) is 0 Å². The Morgan fingerprint density at radius 1 is 1.08 bits per heavy atom. The quantitative estimate of drug-likeness (QED) is 0.107. The van der Waals surface area contributed by atoms with E-state index < -0.39 is 5.91 Å². The zero-order chi connectivity index (χ0) is 25.1. The smallest absolute Gasteiger partial charge is 0.267 e. The molecule has 5 N–H and O–H groups in total. The number of benzene rings is 3. The Hall–Kier alpha value is -4.07. The van der Waals surface area contributed by atoms with Crippen LogP contribution in [0.3, 0.4) is 0 Å². The molecule has 1 aliphatic carbocycles. The summed E-state index contributed by atoms with van der Waals surface area (Å²) in [6, 6.07) is 19.2. The number of carbonyl (C=O) groups excluding carboxylic acids is 1. The molecule has 1 aromatic heterocycles. The number of phenolic OH excluding ortho intramolecular Hbond substituents is 2. The van der Waals surface area contributed by atoms with Gasteiger partial charge >= 0.3 is 0 Å². The van der Waals surface area contributed by atoms with Crippen LogP contribution in [0.5, 0.6) is 11.5 Å². The van der Waals surface area contributed by atoms with E-state index in [1.54, 1.807) is 17.6 Å². The van der Waals surface area contributed by atoms with Crippen LogP contribution in [-0.4, -0.2) is 37.8 Å². The van der Waals surface area contributed by atoms with Crippen molar-refractivity contribution in [2.75, 3.05) is 6.54 Å². The number of hydrogen-bond acceptors (Lipinski definition) is 5. The third kappa shape index (κ3) is 4.98. The van der Waals surface area contributed by atoms with Gasteiger partial charge in [-0.3, -0.25) is 14.9 Å². The monoisotopic (exact) mass is 483 g/mol. The second kappa shape index (κ2) is 10.3. The zero-order valence-electron chi connectivity index (χ0n) is 19.8. The van der Waals surface area contributed by atoms with E-state index >= 15 is 0 Å². The van der Waals surface area contributed by atoms with Gasteiger partial charge in [0.05, 0.1) is 0 Å². The lowest BCUT2D eigenvalue weighted by molar-refractivity contribution is -0.124. The molecule has 3 aromatic carbocycles. The summed E-state index contributed by atoms with van der Waals surface area (Å²) in [7, 11) is 0. The fourth-order valence-corrected chi connectivity index (χ4v) is 5.17. The molecule has 1 atom stereocenters. The number of aromatic nitrogens is 1. The number of aromatic amines is 1. The van der Waals surface area contributed by atoms with Crippen molar-refractivity contribution >= 4 is 22.9 Å². The summed E-state index contributed by atoms with van der Waals surface area (Å²) >= 11 is 0. The van der Waals surface area contributed by atoms with Crippen LogP contribution < -0.4 is 5.48 Å². The number of nitrogens with one attached hydrogen (secondary N) is 2. The average molecular weight is 484 g/mol. The van der Waals surface area contributed by atoms with E-state index in [1.807, 2.05) is 18.2 Å². The van der Waals surface area contributed by atoms with Crippen molar-refractivity contribution in [2.24, 2.45) is 0 Å². The molecule has 0 saturated heterocycles. The van der Waals surface area contributed by atoms with Crippen LogP contribution in [0.2, 0.25) is 0 Å². The van der Waals surface area contributed by atoms with Crippen molar-refractivity contribution < 1.29 is 20.2 Å². The van der Waals surface area contributed by atoms with E-state index in [0.29, 0.717) is 12.1 Å². The summed E-state index contributed by atoms with van der Waals surface area (Å²) in [5.74, 6) is -0.261. The highest BCUT2D eigenvalue weighted by Gasteiger charge is 2.29. The number of carbonyl (C=O) groups is 1. The van der Waals surface area contributed by atoms with Gasteiger partial charge in [0.25, 0.3) is 5.91 Å². The van der Waals surface area contributed by atoms with Crippen LogP contribution in [-0.2, 0) is 24.2 Å². The first-order chi connectivity index (χ1) is 17.5. The number of H-pyrrole nitrogens is 1. The Kier molecular flexibility index (Phi) is 6.75. The molecule has 1 aliphatic rings. The number of aromatic hydroxyl groups is 2. The van der Waals surface area contributed by atoms with Crippen molar-refractivity contribution in [3.63, 3.8) is 0 Å². The van der Waals surface area contributed by atoms with E-state index in [1.165, 1.54) is 40.3 Å². The summed E-state index contributed by atoms with van der Waals surface area (Å²) in [6.07, 6.45) is 7.73. The summed E-state index contributed by atoms with van der Waals surface area (Å²) in [6.45, 7) is 1.28.